The van der Waals surface area contributed by atoms with Crippen LogP contribution in [0, 0.1) is 0 Å². The average Bonchev–Trinajstić information content (AvgIpc) is 3.37. The molecule has 0 aliphatic carbocycles. The van der Waals surface area contributed by atoms with Crippen LogP contribution in [0.25, 0.3) is 31.9 Å². The number of rotatable bonds is 3. The van der Waals surface area contributed by atoms with E-state index in [-0.39, 0.29) is 0 Å². The molecule has 0 spiro atoms. The summed E-state index contributed by atoms with van der Waals surface area (Å²) in [6, 6.07) is 10.2. The molecule has 0 amide bonds. The van der Waals surface area contributed by atoms with Crippen molar-refractivity contribution in [2.75, 3.05) is 18.0 Å². The first-order valence-electron chi connectivity index (χ1n) is 9.01. The number of fused-ring (bicyclic) bond motifs is 1. The highest BCUT2D eigenvalue weighted by Gasteiger charge is 2.20. The Balaban J connectivity index is 1.43. The number of piperidine rings is 1. The molecule has 3 aromatic heterocycles. The Labute approximate surface area is 159 Å². The third kappa shape index (κ3) is 3.19. The van der Waals surface area contributed by atoms with E-state index >= 15 is 0 Å². The van der Waals surface area contributed by atoms with E-state index in [0.717, 1.165) is 50.7 Å². The quantitative estimate of drug-likeness (QED) is 0.561. The van der Waals surface area contributed by atoms with Crippen LogP contribution in [0.4, 0.5) is 10.2 Å². The molecule has 1 N–H and O–H groups in total. The summed E-state index contributed by atoms with van der Waals surface area (Å²) in [4.78, 5) is 11.3. The maximum atomic E-state index is 13.6. The molecule has 0 bridgehead atoms. The lowest BCUT2D eigenvalue weighted by Gasteiger charge is -2.29. The van der Waals surface area contributed by atoms with E-state index in [9.17, 15) is 4.39 Å². The van der Waals surface area contributed by atoms with Crippen LogP contribution in [0.1, 0.15) is 12.8 Å². The molecule has 1 saturated heterocycles. The van der Waals surface area contributed by atoms with E-state index in [1.54, 1.807) is 11.3 Å². The summed E-state index contributed by atoms with van der Waals surface area (Å²) in [7, 11) is 0. The van der Waals surface area contributed by atoms with E-state index < -0.39 is 6.17 Å². The Kier molecular flexibility index (Phi) is 4.09. The number of alkyl halides is 1. The third-order valence-corrected chi connectivity index (χ3v) is 5.97. The Hall–Kier alpha value is -2.80. The van der Waals surface area contributed by atoms with Gasteiger partial charge in [-0.2, -0.15) is 5.10 Å². The lowest BCUT2D eigenvalue weighted by Crippen LogP contribution is -2.36. The summed E-state index contributed by atoms with van der Waals surface area (Å²) >= 11 is 1.65. The molecule has 7 heteroatoms. The van der Waals surface area contributed by atoms with Crippen LogP contribution in [0.2, 0.25) is 0 Å². The Morgan fingerprint density at radius 1 is 1.11 bits per heavy atom. The molecule has 0 unspecified atom stereocenters. The number of anilines is 1. The summed E-state index contributed by atoms with van der Waals surface area (Å²) in [5.74, 6) is 0.837. The molecule has 0 saturated carbocycles. The van der Waals surface area contributed by atoms with E-state index in [2.05, 4.69) is 27.3 Å². The molecule has 4 aromatic rings. The van der Waals surface area contributed by atoms with Gasteiger partial charge in [0.1, 0.15) is 17.0 Å². The van der Waals surface area contributed by atoms with Gasteiger partial charge in [0, 0.05) is 30.1 Å². The molecule has 1 aliphatic heterocycles. The molecule has 1 fully saturated rings. The number of halogens is 1. The maximum Gasteiger partial charge on any atom is 0.128 e. The fourth-order valence-electron chi connectivity index (χ4n) is 3.47. The predicted octanol–water partition coefficient (Wildman–Crippen LogP) is 4.69. The van der Waals surface area contributed by atoms with Crippen LogP contribution in [-0.4, -0.2) is 39.4 Å². The van der Waals surface area contributed by atoms with Crippen molar-refractivity contribution in [2.45, 2.75) is 19.0 Å². The summed E-state index contributed by atoms with van der Waals surface area (Å²) in [6.45, 7) is 1.30. The van der Waals surface area contributed by atoms with Crippen LogP contribution in [0.3, 0.4) is 0 Å². The monoisotopic (exact) mass is 379 g/mol. The Bertz CT molecular complexity index is 1060. The average molecular weight is 379 g/mol. The molecule has 0 radical (unpaired) electrons. The largest absolute Gasteiger partial charge is 0.354 e. The van der Waals surface area contributed by atoms with Gasteiger partial charge in [0.2, 0.25) is 0 Å². The fraction of sp³-hybridized carbons (Fsp3) is 0.250. The normalized spacial score (nSPS) is 17.5. The number of hydrogen-bond acceptors (Lipinski definition) is 5. The minimum Gasteiger partial charge on any atom is -0.354 e. The number of nitrogens with zero attached hydrogens (tertiary/aromatic N) is 4. The van der Waals surface area contributed by atoms with Gasteiger partial charge in [-0.25, -0.2) is 14.4 Å². The van der Waals surface area contributed by atoms with Gasteiger partial charge in [0.15, 0.2) is 0 Å². The van der Waals surface area contributed by atoms with Gasteiger partial charge in [-0.15, -0.1) is 11.3 Å². The number of thiazole rings is 1. The first-order chi connectivity index (χ1) is 13.3. The van der Waals surface area contributed by atoms with Gasteiger partial charge < -0.3 is 4.90 Å². The molecular formula is C20H18FN5S. The molecule has 4 heterocycles. The van der Waals surface area contributed by atoms with Crippen molar-refractivity contribution in [1.29, 1.82) is 0 Å². The van der Waals surface area contributed by atoms with Crippen LogP contribution in [0.15, 0.2) is 48.9 Å². The van der Waals surface area contributed by atoms with Crippen molar-refractivity contribution in [2.24, 2.45) is 0 Å². The van der Waals surface area contributed by atoms with Gasteiger partial charge in [-0.05, 0) is 42.7 Å². The topological polar surface area (TPSA) is 57.7 Å². The SMILES string of the molecule is F[C@H]1CCCN(c2ccc(-c3nc4ccc(-c5cn[nH]c5)cc4s3)cn2)C1. The summed E-state index contributed by atoms with van der Waals surface area (Å²) in [5.41, 5.74) is 4.14. The smallest absolute Gasteiger partial charge is 0.128 e. The minimum atomic E-state index is -0.756. The highest BCUT2D eigenvalue weighted by molar-refractivity contribution is 7.21. The number of aromatic nitrogens is 4. The number of H-pyrrole nitrogens is 1. The maximum absolute atomic E-state index is 13.6. The zero-order valence-electron chi connectivity index (χ0n) is 14.6. The number of nitrogens with one attached hydrogen (secondary N) is 1. The lowest BCUT2D eigenvalue weighted by atomic mass is 10.1. The number of pyridine rings is 1. The van der Waals surface area contributed by atoms with Crippen molar-refractivity contribution in [1.82, 2.24) is 20.2 Å². The summed E-state index contributed by atoms with van der Waals surface area (Å²) in [5, 5.41) is 7.79. The van der Waals surface area contributed by atoms with Crippen molar-refractivity contribution in [3.05, 3.63) is 48.9 Å². The first-order valence-corrected chi connectivity index (χ1v) is 9.83. The van der Waals surface area contributed by atoms with Crippen LogP contribution in [-0.2, 0) is 0 Å². The van der Waals surface area contributed by atoms with Gasteiger partial charge >= 0.3 is 0 Å². The van der Waals surface area contributed by atoms with Crippen molar-refractivity contribution >= 4 is 27.4 Å². The molecule has 136 valence electrons. The van der Waals surface area contributed by atoms with E-state index in [1.807, 2.05) is 41.7 Å². The molecular weight excluding hydrogens is 361 g/mol. The number of hydrogen-bond donors (Lipinski definition) is 1. The molecule has 1 aromatic carbocycles. The van der Waals surface area contributed by atoms with Crippen LogP contribution < -0.4 is 4.90 Å². The molecule has 5 nitrogen and oxygen atoms in total. The van der Waals surface area contributed by atoms with Gasteiger partial charge in [0.25, 0.3) is 0 Å². The van der Waals surface area contributed by atoms with E-state index in [1.165, 1.54) is 0 Å². The summed E-state index contributed by atoms with van der Waals surface area (Å²) < 4.78 is 14.8. The van der Waals surface area contributed by atoms with Gasteiger partial charge in [-0.1, -0.05) is 6.07 Å². The molecule has 1 aliphatic rings. The Morgan fingerprint density at radius 3 is 2.81 bits per heavy atom. The number of benzene rings is 1. The van der Waals surface area contributed by atoms with Crippen LogP contribution in [0.5, 0.6) is 0 Å². The molecule has 27 heavy (non-hydrogen) atoms. The summed E-state index contributed by atoms with van der Waals surface area (Å²) in [6.07, 6.45) is 6.31. The molecule has 5 rings (SSSR count). The van der Waals surface area contributed by atoms with E-state index in [0.29, 0.717) is 13.0 Å². The Morgan fingerprint density at radius 2 is 2.04 bits per heavy atom. The van der Waals surface area contributed by atoms with Crippen molar-refractivity contribution < 1.29 is 4.39 Å². The first kappa shape index (κ1) is 16.4. The molecule has 1 atom stereocenters. The van der Waals surface area contributed by atoms with Gasteiger partial charge in [0.05, 0.1) is 23.0 Å². The zero-order valence-corrected chi connectivity index (χ0v) is 15.4. The highest BCUT2D eigenvalue weighted by atomic mass is 32.1. The standard InChI is InChI=1S/C20H18FN5S/c21-16-2-1-7-26(12-16)19-6-4-14(9-22-19)20-25-17-5-3-13(8-18(17)27-20)15-10-23-24-11-15/h3-6,8-11,16H,1-2,7,12H2,(H,23,24)/t16-/m0/s1. The van der Waals surface area contributed by atoms with Crippen molar-refractivity contribution in [3.63, 3.8) is 0 Å². The zero-order chi connectivity index (χ0) is 18.2. The number of aromatic amines is 1. The second-order valence-corrected chi connectivity index (χ2v) is 7.81. The second kappa shape index (κ2) is 6.74. The fourth-order valence-corrected chi connectivity index (χ4v) is 4.46. The second-order valence-electron chi connectivity index (χ2n) is 6.78. The van der Waals surface area contributed by atoms with Crippen molar-refractivity contribution in [3.8, 4) is 21.7 Å². The highest BCUT2D eigenvalue weighted by Crippen LogP contribution is 2.33. The van der Waals surface area contributed by atoms with Crippen LogP contribution >= 0.6 is 11.3 Å². The third-order valence-electron chi connectivity index (χ3n) is 4.90. The van der Waals surface area contributed by atoms with Gasteiger partial charge in [-0.3, -0.25) is 5.10 Å². The minimum absolute atomic E-state index is 0.435. The lowest BCUT2D eigenvalue weighted by molar-refractivity contribution is 0.286. The van der Waals surface area contributed by atoms with E-state index in [4.69, 9.17) is 4.98 Å². The predicted molar refractivity (Wildman–Crippen MR) is 107 cm³/mol.